The summed E-state index contributed by atoms with van der Waals surface area (Å²) in [6.07, 6.45) is 0. The summed E-state index contributed by atoms with van der Waals surface area (Å²) in [5.74, 6) is 1.72. The molecule has 0 aromatic heterocycles. The zero-order valence-electron chi connectivity index (χ0n) is 10.2. The summed E-state index contributed by atoms with van der Waals surface area (Å²) < 4.78 is 0. The summed E-state index contributed by atoms with van der Waals surface area (Å²) in [6.45, 7) is 7.93. The second kappa shape index (κ2) is 4.60. The molecule has 2 aliphatic rings. The number of halogens is 1. The Balaban J connectivity index is 1.67. The Labute approximate surface area is 108 Å². The van der Waals surface area contributed by atoms with Crippen molar-refractivity contribution in [3.05, 3.63) is 34.3 Å². The van der Waals surface area contributed by atoms with Crippen LogP contribution in [0.1, 0.15) is 11.1 Å². The largest absolute Gasteiger partial charge is 0.316 e. The number of likely N-dealkylation sites (tertiary alicyclic amines) is 1. The van der Waals surface area contributed by atoms with Crippen molar-refractivity contribution in [2.24, 2.45) is 11.8 Å². The third kappa shape index (κ3) is 2.35. The number of hydrogen-bond donors (Lipinski definition) is 1. The highest BCUT2D eigenvalue weighted by atomic mass is 35.5. The Morgan fingerprint density at radius 2 is 2.00 bits per heavy atom. The third-order valence-electron chi connectivity index (χ3n) is 4.07. The molecule has 2 nitrogen and oxygen atoms in total. The molecule has 2 heterocycles. The third-order valence-corrected chi connectivity index (χ3v) is 4.42. The molecule has 2 saturated heterocycles. The molecule has 3 heteroatoms. The van der Waals surface area contributed by atoms with Crippen LogP contribution in [0.2, 0.25) is 5.02 Å². The minimum atomic E-state index is 0.860. The first-order valence-electron chi connectivity index (χ1n) is 6.40. The van der Waals surface area contributed by atoms with Crippen LogP contribution in [0.15, 0.2) is 18.2 Å². The van der Waals surface area contributed by atoms with E-state index in [9.17, 15) is 0 Å². The molecule has 0 amide bonds. The van der Waals surface area contributed by atoms with Crippen LogP contribution in [0.5, 0.6) is 0 Å². The van der Waals surface area contributed by atoms with Gasteiger partial charge in [0.1, 0.15) is 0 Å². The normalized spacial score (nSPS) is 28.6. The fourth-order valence-electron chi connectivity index (χ4n) is 3.10. The lowest BCUT2D eigenvalue weighted by molar-refractivity contribution is 0.305. The quantitative estimate of drug-likeness (QED) is 0.867. The zero-order chi connectivity index (χ0) is 11.8. The van der Waals surface area contributed by atoms with Crippen LogP contribution in [-0.4, -0.2) is 31.1 Å². The lowest BCUT2D eigenvalue weighted by Gasteiger charge is -2.18. The molecule has 92 valence electrons. The molecule has 1 aromatic carbocycles. The van der Waals surface area contributed by atoms with E-state index in [2.05, 4.69) is 35.3 Å². The van der Waals surface area contributed by atoms with E-state index >= 15 is 0 Å². The van der Waals surface area contributed by atoms with Crippen LogP contribution in [0, 0.1) is 18.8 Å². The fourth-order valence-corrected chi connectivity index (χ4v) is 3.40. The molecule has 0 radical (unpaired) electrons. The first-order chi connectivity index (χ1) is 8.22. The average Bonchev–Trinajstić information content (AvgIpc) is 2.82. The lowest BCUT2D eigenvalue weighted by Crippen LogP contribution is -2.25. The number of nitrogens with one attached hydrogen (secondary N) is 1. The number of aryl methyl sites for hydroxylation is 1. The number of rotatable bonds is 2. The molecule has 17 heavy (non-hydrogen) atoms. The SMILES string of the molecule is Cc1ccc(CN2C[C@H]3CNC[C@H]3C2)c(Cl)c1. The molecule has 2 atom stereocenters. The van der Waals surface area contributed by atoms with Crippen molar-refractivity contribution in [2.45, 2.75) is 13.5 Å². The van der Waals surface area contributed by atoms with Gasteiger partial charge in [-0.2, -0.15) is 0 Å². The first-order valence-corrected chi connectivity index (χ1v) is 6.78. The monoisotopic (exact) mass is 250 g/mol. The standard InChI is InChI=1S/C14H19ClN2/c1-10-2-3-11(14(15)4-10)7-17-8-12-5-16-6-13(12)9-17/h2-4,12-13,16H,5-9H2,1H3/t12-,13+. The molecule has 2 aliphatic heterocycles. The van der Waals surface area contributed by atoms with Gasteiger partial charge < -0.3 is 5.32 Å². The summed E-state index contributed by atoms with van der Waals surface area (Å²) in [4.78, 5) is 2.55. The summed E-state index contributed by atoms with van der Waals surface area (Å²) in [7, 11) is 0. The van der Waals surface area contributed by atoms with E-state index in [1.54, 1.807) is 0 Å². The van der Waals surface area contributed by atoms with Crippen molar-refractivity contribution < 1.29 is 0 Å². The number of benzene rings is 1. The molecule has 2 fully saturated rings. The predicted molar refractivity (Wildman–Crippen MR) is 71.3 cm³/mol. The van der Waals surface area contributed by atoms with E-state index in [4.69, 9.17) is 11.6 Å². The van der Waals surface area contributed by atoms with Gasteiger partial charge in [-0.3, -0.25) is 4.90 Å². The Bertz CT molecular complexity index is 407. The van der Waals surface area contributed by atoms with Crippen LogP contribution >= 0.6 is 11.6 Å². The van der Waals surface area contributed by atoms with Crippen LogP contribution in [-0.2, 0) is 6.54 Å². The lowest BCUT2D eigenvalue weighted by atomic mass is 10.0. The van der Waals surface area contributed by atoms with Crippen molar-refractivity contribution in [3.8, 4) is 0 Å². The van der Waals surface area contributed by atoms with Crippen LogP contribution in [0.3, 0.4) is 0 Å². The molecular formula is C14H19ClN2. The van der Waals surface area contributed by atoms with E-state index in [-0.39, 0.29) is 0 Å². The topological polar surface area (TPSA) is 15.3 Å². The van der Waals surface area contributed by atoms with Gasteiger partial charge in [0.2, 0.25) is 0 Å². The Hall–Kier alpha value is -0.570. The van der Waals surface area contributed by atoms with Gasteiger partial charge in [0.15, 0.2) is 0 Å². The van der Waals surface area contributed by atoms with Crippen molar-refractivity contribution in [2.75, 3.05) is 26.2 Å². The van der Waals surface area contributed by atoms with E-state index in [1.807, 2.05) is 0 Å². The fraction of sp³-hybridized carbons (Fsp3) is 0.571. The maximum Gasteiger partial charge on any atom is 0.0453 e. The average molecular weight is 251 g/mol. The van der Waals surface area contributed by atoms with Crippen molar-refractivity contribution in [3.63, 3.8) is 0 Å². The van der Waals surface area contributed by atoms with Crippen molar-refractivity contribution >= 4 is 11.6 Å². The summed E-state index contributed by atoms with van der Waals surface area (Å²) in [5, 5.41) is 4.39. The smallest absolute Gasteiger partial charge is 0.0453 e. The molecule has 0 aliphatic carbocycles. The zero-order valence-corrected chi connectivity index (χ0v) is 11.0. The van der Waals surface area contributed by atoms with Gasteiger partial charge in [-0.1, -0.05) is 23.7 Å². The summed E-state index contributed by atoms with van der Waals surface area (Å²) in [6, 6.07) is 6.39. The minimum absolute atomic E-state index is 0.860. The van der Waals surface area contributed by atoms with Gasteiger partial charge in [-0.15, -0.1) is 0 Å². The van der Waals surface area contributed by atoms with E-state index < -0.39 is 0 Å². The second-order valence-electron chi connectivity index (χ2n) is 5.47. The van der Waals surface area contributed by atoms with Crippen molar-refractivity contribution in [1.82, 2.24) is 10.2 Å². The first kappa shape index (κ1) is 11.5. The van der Waals surface area contributed by atoms with Gasteiger partial charge in [0.25, 0.3) is 0 Å². The van der Waals surface area contributed by atoms with Gasteiger partial charge >= 0.3 is 0 Å². The second-order valence-corrected chi connectivity index (χ2v) is 5.87. The van der Waals surface area contributed by atoms with E-state index in [0.29, 0.717) is 0 Å². The number of fused-ring (bicyclic) bond motifs is 1. The van der Waals surface area contributed by atoms with Crippen molar-refractivity contribution in [1.29, 1.82) is 0 Å². The maximum atomic E-state index is 6.29. The Morgan fingerprint density at radius 3 is 2.65 bits per heavy atom. The van der Waals surface area contributed by atoms with E-state index in [0.717, 1.165) is 23.4 Å². The van der Waals surface area contributed by atoms with Gasteiger partial charge in [0, 0.05) is 24.7 Å². The molecule has 0 spiro atoms. The molecular weight excluding hydrogens is 232 g/mol. The Kier molecular flexibility index (Phi) is 3.12. The van der Waals surface area contributed by atoms with Crippen LogP contribution < -0.4 is 5.32 Å². The Morgan fingerprint density at radius 1 is 1.29 bits per heavy atom. The highest BCUT2D eigenvalue weighted by Gasteiger charge is 2.35. The number of nitrogens with zero attached hydrogens (tertiary/aromatic N) is 1. The molecule has 3 rings (SSSR count). The maximum absolute atomic E-state index is 6.29. The summed E-state index contributed by atoms with van der Waals surface area (Å²) >= 11 is 6.29. The predicted octanol–water partition coefficient (Wildman–Crippen LogP) is 2.30. The summed E-state index contributed by atoms with van der Waals surface area (Å²) in [5.41, 5.74) is 2.51. The van der Waals surface area contributed by atoms with Gasteiger partial charge in [0.05, 0.1) is 0 Å². The highest BCUT2D eigenvalue weighted by molar-refractivity contribution is 6.31. The molecule has 0 saturated carbocycles. The molecule has 0 bridgehead atoms. The van der Waals surface area contributed by atoms with Gasteiger partial charge in [-0.25, -0.2) is 0 Å². The number of hydrogen-bond acceptors (Lipinski definition) is 2. The van der Waals surface area contributed by atoms with E-state index in [1.165, 1.54) is 37.3 Å². The van der Waals surface area contributed by atoms with Crippen LogP contribution in [0.4, 0.5) is 0 Å². The van der Waals surface area contributed by atoms with Gasteiger partial charge in [-0.05, 0) is 49.0 Å². The molecule has 1 N–H and O–H groups in total. The minimum Gasteiger partial charge on any atom is -0.316 e. The molecule has 1 aromatic rings. The highest BCUT2D eigenvalue weighted by Crippen LogP contribution is 2.28. The molecule has 0 unspecified atom stereocenters. The van der Waals surface area contributed by atoms with Crippen LogP contribution in [0.25, 0.3) is 0 Å².